The molecular formula is C50H99NO4. The van der Waals surface area contributed by atoms with Gasteiger partial charge in [0.05, 0.1) is 18.8 Å². The molecule has 4 N–H and O–H groups in total. The van der Waals surface area contributed by atoms with Gasteiger partial charge in [0.2, 0.25) is 5.91 Å². The van der Waals surface area contributed by atoms with Crippen LogP contribution in [-0.2, 0) is 4.79 Å². The first-order valence-electron chi connectivity index (χ1n) is 25.0. The molecule has 0 saturated carbocycles. The number of rotatable bonds is 46. The molecule has 3 atom stereocenters. The van der Waals surface area contributed by atoms with Gasteiger partial charge in [0.1, 0.15) is 6.10 Å². The quantitative estimate of drug-likeness (QED) is 0.0366. The third-order valence-corrected chi connectivity index (χ3v) is 11.9. The fraction of sp³-hybridized carbons (Fsp3) is 0.940. The molecule has 0 saturated heterocycles. The van der Waals surface area contributed by atoms with E-state index in [-0.39, 0.29) is 6.61 Å². The Morgan fingerprint density at radius 2 is 0.709 bits per heavy atom. The summed E-state index contributed by atoms with van der Waals surface area (Å²) < 4.78 is 0. The van der Waals surface area contributed by atoms with E-state index in [1.807, 2.05) is 6.08 Å². The lowest BCUT2D eigenvalue weighted by Crippen LogP contribution is -2.48. The van der Waals surface area contributed by atoms with Crippen molar-refractivity contribution in [1.82, 2.24) is 5.32 Å². The molecule has 3 unspecified atom stereocenters. The average Bonchev–Trinajstić information content (AvgIpc) is 3.19. The van der Waals surface area contributed by atoms with Crippen LogP contribution in [0.1, 0.15) is 277 Å². The number of nitrogens with one attached hydrogen (secondary N) is 1. The third kappa shape index (κ3) is 41.1. The first kappa shape index (κ1) is 54.1. The second-order valence-electron chi connectivity index (χ2n) is 17.4. The number of allylic oxidation sites excluding steroid dienone is 1. The lowest BCUT2D eigenvalue weighted by atomic mass is 10.0. The van der Waals surface area contributed by atoms with Crippen molar-refractivity contribution in [2.75, 3.05) is 6.61 Å². The Bertz CT molecular complexity index is 773. The van der Waals surface area contributed by atoms with Gasteiger partial charge in [0.25, 0.3) is 0 Å². The van der Waals surface area contributed by atoms with Crippen LogP contribution in [0, 0.1) is 0 Å². The minimum atomic E-state index is -1.09. The molecule has 0 aliphatic heterocycles. The topological polar surface area (TPSA) is 89.8 Å². The van der Waals surface area contributed by atoms with Crippen LogP contribution in [0.4, 0.5) is 0 Å². The zero-order valence-corrected chi connectivity index (χ0v) is 37.3. The van der Waals surface area contributed by atoms with Gasteiger partial charge in [-0.15, -0.1) is 0 Å². The molecule has 5 heteroatoms. The summed E-state index contributed by atoms with van der Waals surface area (Å²) in [6, 6.07) is -0.793. The molecule has 1 amide bonds. The zero-order valence-electron chi connectivity index (χ0n) is 37.3. The van der Waals surface area contributed by atoms with Gasteiger partial charge in [0, 0.05) is 0 Å². The van der Waals surface area contributed by atoms with E-state index in [4.69, 9.17) is 0 Å². The smallest absolute Gasteiger partial charge is 0.249 e. The highest BCUT2D eigenvalue weighted by atomic mass is 16.3. The summed E-state index contributed by atoms with van der Waals surface area (Å²) in [5.41, 5.74) is 0. The largest absolute Gasteiger partial charge is 0.394 e. The van der Waals surface area contributed by atoms with E-state index < -0.39 is 24.2 Å². The predicted octanol–water partition coefficient (Wildman–Crippen LogP) is 14.8. The number of hydrogen-bond acceptors (Lipinski definition) is 4. The summed E-state index contributed by atoms with van der Waals surface area (Å²) >= 11 is 0. The van der Waals surface area contributed by atoms with Crippen molar-refractivity contribution in [3.05, 3.63) is 12.2 Å². The zero-order chi connectivity index (χ0) is 40.1. The predicted molar refractivity (Wildman–Crippen MR) is 241 cm³/mol. The molecule has 0 heterocycles. The molecule has 0 aliphatic rings. The summed E-state index contributed by atoms with van der Waals surface area (Å²) in [7, 11) is 0. The van der Waals surface area contributed by atoms with Crippen molar-refractivity contribution in [2.24, 2.45) is 0 Å². The highest BCUT2D eigenvalue weighted by Gasteiger charge is 2.22. The molecule has 328 valence electrons. The monoisotopic (exact) mass is 778 g/mol. The number of carbonyl (C=O) groups is 1. The van der Waals surface area contributed by atoms with Crippen molar-refractivity contribution in [3.63, 3.8) is 0 Å². The van der Waals surface area contributed by atoms with E-state index >= 15 is 0 Å². The van der Waals surface area contributed by atoms with Crippen LogP contribution in [0.15, 0.2) is 12.2 Å². The number of aliphatic hydroxyl groups is 3. The minimum Gasteiger partial charge on any atom is -0.394 e. The van der Waals surface area contributed by atoms with Crippen molar-refractivity contribution >= 4 is 5.91 Å². The van der Waals surface area contributed by atoms with Gasteiger partial charge in [-0.05, 0) is 19.3 Å². The Morgan fingerprint density at radius 1 is 0.436 bits per heavy atom. The van der Waals surface area contributed by atoms with E-state index in [1.165, 1.54) is 225 Å². The molecule has 0 spiro atoms. The third-order valence-electron chi connectivity index (χ3n) is 11.9. The van der Waals surface area contributed by atoms with E-state index in [9.17, 15) is 20.1 Å². The van der Waals surface area contributed by atoms with Crippen LogP contribution in [0.3, 0.4) is 0 Å². The van der Waals surface area contributed by atoms with Crippen LogP contribution in [-0.4, -0.2) is 46.1 Å². The maximum absolute atomic E-state index is 12.5. The number of hydrogen-bond donors (Lipinski definition) is 4. The number of unbranched alkanes of at least 4 members (excludes halogenated alkanes) is 38. The average molecular weight is 778 g/mol. The van der Waals surface area contributed by atoms with Gasteiger partial charge in [-0.3, -0.25) is 4.79 Å². The Labute approximate surface area is 344 Å². The molecule has 0 radical (unpaired) electrons. The Balaban J connectivity index is 3.59. The first-order chi connectivity index (χ1) is 27.1. The summed E-state index contributed by atoms with van der Waals surface area (Å²) in [4.78, 5) is 12.5. The standard InChI is InChI=1S/C50H99NO4/c1-3-5-7-9-11-13-15-17-19-21-23-24-25-27-28-30-32-34-36-38-40-42-44-48(53)47(46-52)51-50(55)49(54)45-43-41-39-37-35-33-31-29-26-22-20-18-16-14-12-10-8-6-4-2/h42,44,47-49,52-54H,3-41,43,45-46H2,1-2H3,(H,51,55)/b44-42+. The summed E-state index contributed by atoms with van der Waals surface area (Å²) in [5.74, 6) is -0.497. The minimum absolute atomic E-state index is 0.359. The van der Waals surface area contributed by atoms with Gasteiger partial charge in [-0.1, -0.05) is 270 Å². The van der Waals surface area contributed by atoms with Crippen LogP contribution in [0.25, 0.3) is 0 Å². The second kappa shape index (κ2) is 45.8. The fourth-order valence-electron chi connectivity index (χ4n) is 7.95. The van der Waals surface area contributed by atoms with Crippen LogP contribution < -0.4 is 5.32 Å². The number of carbonyl (C=O) groups excluding carboxylic acids is 1. The van der Waals surface area contributed by atoms with Crippen molar-refractivity contribution in [1.29, 1.82) is 0 Å². The summed E-state index contributed by atoms with van der Waals surface area (Å²) in [5, 5.41) is 33.3. The van der Waals surface area contributed by atoms with Crippen LogP contribution in [0.5, 0.6) is 0 Å². The summed E-state index contributed by atoms with van der Waals surface area (Å²) in [6.45, 7) is 4.21. The van der Waals surface area contributed by atoms with Gasteiger partial charge < -0.3 is 20.6 Å². The molecule has 0 aromatic carbocycles. The molecule has 0 bridgehead atoms. The Morgan fingerprint density at radius 3 is 1.00 bits per heavy atom. The van der Waals surface area contributed by atoms with Gasteiger partial charge in [-0.2, -0.15) is 0 Å². The van der Waals surface area contributed by atoms with E-state index in [0.29, 0.717) is 6.42 Å². The molecule has 55 heavy (non-hydrogen) atoms. The molecule has 0 aromatic heterocycles. The van der Waals surface area contributed by atoms with E-state index in [2.05, 4.69) is 19.2 Å². The second-order valence-corrected chi connectivity index (χ2v) is 17.4. The van der Waals surface area contributed by atoms with Crippen molar-refractivity contribution < 1.29 is 20.1 Å². The first-order valence-corrected chi connectivity index (χ1v) is 25.0. The molecular weight excluding hydrogens is 679 g/mol. The Kier molecular flexibility index (Phi) is 45.0. The van der Waals surface area contributed by atoms with Crippen molar-refractivity contribution in [2.45, 2.75) is 295 Å². The van der Waals surface area contributed by atoms with E-state index in [1.54, 1.807) is 6.08 Å². The SMILES string of the molecule is CCCCCCCCCCCCCCCCCCCCCC/C=C/C(O)C(CO)NC(=O)C(O)CCCCCCCCCCCCCCCCCCCCC. The molecule has 0 fully saturated rings. The summed E-state index contributed by atoms with van der Waals surface area (Å²) in [6.07, 6.45) is 55.5. The number of amides is 1. The maximum atomic E-state index is 12.5. The molecule has 0 aromatic rings. The lowest BCUT2D eigenvalue weighted by Gasteiger charge is -2.21. The highest BCUT2D eigenvalue weighted by molar-refractivity contribution is 5.80. The van der Waals surface area contributed by atoms with E-state index in [0.717, 1.165) is 32.1 Å². The van der Waals surface area contributed by atoms with Gasteiger partial charge in [0.15, 0.2) is 0 Å². The van der Waals surface area contributed by atoms with Crippen LogP contribution in [0.2, 0.25) is 0 Å². The Hall–Kier alpha value is -0.910. The molecule has 5 nitrogen and oxygen atoms in total. The highest BCUT2D eigenvalue weighted by Crippen LogP contribution is 2.17. The number of aliphatic hydroxyl groups excluding tert-OH is 3. The van der Waals surface area contributed by atoms with Crippen LogP contribution >= 0.6 is 0 Å². The fourth-order valence-corrected chi connectivity index (χ4v) is 7.95. The maximum Gasteiger partial charge on any atom is 0.249 e. The van der Waals surface area contributed by atoms with Gasteiger partial charge in [-0.25, -0.2) is 0 Å². The normalized spacial score (nSPS) is 13.5. The van der Waals surface area contributed by atoms with Crippen molar-refractivity contribution in [3.8, 4) is 0 Å². The van der Waals surface area contributed by atoms with Gasteiger partial charge >= 0.3 is 0 Å². The molecule has 0 rings (SSSR count). The molecule has 0 aliphatic carbocycles. The lowest BCUT2D eigenvalue weighted by molar-refractivity contribution is -0.131.